The van der Waals surface area contributed by atoms with Gasteiger partial charge in [0.2, 0.25) is 0 Å². The predicted octanol–water partition coefficient (Wildman–Crippen LogP) is 3.76. The molecule has 0 spiro atoms. The van der Waals surface area contributed by atoms with E-state index >= 15 is 0 Å². The minimum absolute atomic E-state index is 0. The summed E-state index contributed by atoms with van der Waals surface area (Å²) in [5.74, 6) is 1.44. The molecule has 0 aliphatic heterocycles. The molecule has 24 heavy (non-hydrogen) atoms. The third kappa shape index (κ3) is 11.5. The molecule has 0 aliphatic carbocycles. The Labute approximate surface area is 207 Å². The van der Waals surface area contributed by atoms with E-state index in [1.807, 2.05) is 12.1 Å². The van der Waals surface area contributed by atoms with Gasteiger partial charge in [-0.05, 0) is 61.4 Å². The molecule has 0 saturated carbocycles. The van der Waals surface area contributed by atoms with Crippen LogP contribution in [0.3, 0.4) is 0 Å². The van der Waals surface area contributed by atoms with Crippen LogP contribution in [0.1, 0.15) is 11.1 Å². The van der Waals surface area contributed by atoms with Gasteiger partial charge in [-0.2, -0.15) is 18.0 Å². The second-order valence-electron chi connectivity index (χ2n) is 3.80. The molecule has 0 bridgehead atoms. The van der Waals surface area contributed by atoms with Crippen LogP contribution in [0, 0.1) is 0 Å². The molecular weight excluding hydrogens is 549 g/mol. The maximum Gasteiger partial charge on any atom is 1.00 e. The normalized spacial score (nSPS) is 9.00. The molecule has 2 heterocycles. The maximum absolute atomic E-state index is 5.72. The number of nitrogens with zero attached hydrogens (tertiary/aromatic N) is 2. The van der Waals surface area contributed by atoms with Crippen molar-refractivity contribution in [2.75, 3.05) is 12.5 Å². The molecule has 128 valence electrons. The van der Waals surface area contributed by atoms with Gasteiger partial charge in [-0.1, -0.05) is 23.2 Å². The molecule has 0 fully saturated rings. The van der Waals surface area contributed by atoms with Gasteiger partial charge in [0.05, 0.1) is 8.95 Å². The topological polar surface area (TPSA) is 25.8 Å². The molecule has 2 aromatic rings. The van der Waals surface area contributed by atoms with Crippen LogP contribution in [-0.2, 0) is 24.3 Å². The summed E-state index contributed by atoms with van der Waals surface area (Å²) in [5, 5.41) is 0.990. The van der Waals surface area contributed by atoms with Crippen LogP contribution in [0.15, 0.2) is 33.5 Å². The first-order valence-corrected chi connectivity index (χ1v) is 11.1. The van der Waals surface area contributed by atoms with Crippen molar-refractivity contribution in [2.45, 2.75) is 11.6 Å². The molecule has 0 amide bonds. The van der Waals surface area contributed by atoms with E-state index in [-0.39, 0.29) is 29.6 Å². The molecule has 0 aromatic carbocycles. The van der Waals surface area contributed by atoms with Gasteiger partial charge in [0.25, 0.3) is 0 Å². The Balaban J connectivity index is 0. The van der Waals surface area contributed by atoms with Gasteiger partial charge in [0, 0.05) is 24.0 Å². The van der Waals surface area contributed by atoms with Crippen LogP contribution >= 0.6 is 78.4 Å². The number of thioether (sulfide) groups is 1. The van der Waals surface area contributed by atoms with E-state index in [1.165, 1.54) is 5.56 Å². The van der Waals surface area contributed by atoms with Crippen LogP contribution in [0.4, 0.5) is 0 Å². The summed E-state index contributed by atoms with van der Waals surface area (Å²) in [6.07, 6.45) is 7.09. The summed E-state index contributed by atoms with van der Waals surface area (Å²) in [6, 6.07) is 3.84. The molecule has 10 heteroatoms. The largest absolute Gasteiger partial charge is 1.00 e. The third-order valence-electron chi connectivity index (χ3n) is 2.17. The Hall–Kier alpha value is 1.83. The minimum Gasteiger partial charge on any atom is -0.796 e. The fraction of sp³-hybridized carbons (Fsp3) is 0.286. The van der Waals surface area contributed by atoms with E-state index in [1.54, 1.807) is 30.4 Å². The standard InChI is InChI=1S/C7H7BrClNS.C6H4BrCl2N.CH4S.Na/c1-11-4-5-2-6(8)7(9)10-3-5;7-5-1-4(2-8)3-10-6(5)9;1-2;/h2-3H,4H2,1H3;1,3H,2H2;2H,1H3;/q;;;+1/p-1. The first-order chi connectivity index (χ1) is 11.0. The monoisotopic (exact) mass is 560 g/mol. The van der Waals surface area contributed by atoms with E-state index in [9.17, 15) is 0 Å². The first kappa shape index (κ1) is 28.0. The van der Waals surface area contributed by atoms with Crippen LogP contribution < -0.4 is 29.6 Å². The molecule has 2 rings (SSSR count). The van der Waals surface area contributed by atoms with E-state index in [4.69, 9.17) is 34.8 Å². The van der Waals surface area contributed by atoms with Crippen LogP contribution in [-0.4, -0.2) is 22.5 Å². The zero-order valence-electron chi connectivity index (χ0n) is 13.3. The van der Waals surface area contributed by atoms with E-state index in [2.05, 4.69) is 60.7 Å². The fourth-order valence-corrected chi connectivity index (χ4v) is 2.88. The number of alkyl halides is 1. The van der Waals surface area contributed by atoms with Gasteiger partial charge in [-0.25, -0.2) is 9.97 Å². The van der Waals surface area contributed by atoms with Gasteiger partial charge in [0.1, 0.15) is 10.3 Å². The van der Waals surface area contributed by atoms with Crippen molar-refractivity contribution in [1.29, 1.82) is 0 Å². The number of pyridine rings is 2. The Morgan fingerprint density at radius 2 is 1.42 bits per heavy atom. The summed E-state index contributed by atoms with van der Waals surface area (Å²) in [7, 11) is 0. The second kappa shape index (κ2) is 17.0. The maximum atomic E-state index is 5.72. The number of aromatic nitrogens is 2. The Morgan fingerprint density at radius 3 is 1.79 bits per heavy atom. The average molecular weight is 564 g/mol. The number of rotatable bonds is 3. The predicted molar refractivity (Wildman–Crippen MR) is 114 cm³/mol. The molecular formula is C14H14Br2Cl3N2NaS2. The number of hydrogen-bond acceptors (Lipinski definition) is 4. The molecule has 2 nitrogen and oxygen atoms in total. The first-order valence-electron chi connectivity index (χ1n) is 6.03. The zero-order chi connectivity index (χ0) is 17.8. The number of hydrogen-bond donors (Lipinski definition) is 0. The van der Waals surface area contributed by atoms with Crippen molar-refractivity contribution >= 4 is 91.1 Å². The Morgan fingerprint density at radius 1 is 1.00 bits per heavy atom. The van der Waals surface area contributed by atoms with Gasteiger partial charge < -0.3 is 12.6 Å². The molecule has 0 unspecified atom stereocenters. The smallest absolute Gasteiger partial charge is 0.796 e. The quantitative estimate of drug-likeness (QED) is 0.246. The summed E-state index contributed by atoms with van der Waals surface area (Å²) in [4.78, 5) is 7.89. The summed E-state index contributed by atoms with van der Waals surface area (Å²) in [6.45, 7) is 0. The van der Waals surface area contributed by atoms with Crippen molar-refractivity contribution in [2.24, 2.45) is 0 Å². The average Bonchev–Trinajstić information content (AvgIpc) is 2.56. The third-order valence-corrected chi connectivity index (χ3v) is 5.37. The number of halogens is 5. The van der Waals surface area contributed by atoms with Crippen molar-refractivity contribution in [3.63, 3.8) is 0 Å². The molecule has 2 aromatic heterocycles. The zero-order valence-corrected chi connectivity index (χ0v) is 22.4. The van der Waals surface area contributed by atoms with Crippen molar-refractivity contribution in [3.8, 4) is 0 Å². The summed E-state index contributed by atoms with van der Waals surface area (Å²) >= 11 is 29.3. The van der Waals surface area contributed by atoms with Crippen molar-refractivity contribution in [3.05, 3.63) is 54.9 Å². The molecule has 0 radical (unpaired) electrons. The molecule has 0 atom stereocenters. The van der Waals surface area contributed by atoms with Gasteiger partial charge in [0.15, 0.2) is 0 Å². The molecule has 0 N–H and O–H groups in total. The molecule has 0 aliphatic rings. The van der Waals surface area contributed by atoms with Crippen LogP contribution in [0.25, 0.3) is 0 Å². The fourth-order valence-electron chi connectivity index (χ4n) is 1.24. The Kier molecular flexibility index (Phi) is 19.8. The van der Waals surface area contributed by atoms with Crippen molar-refractivity contribution in [1.82, 2.24) is 9.97 Å². The minimum atomic E-state index is 0. The van der Waals surface area contributed by atoms with Crippen LogP contribution in [0.5, 0.6) is 0 Å². The van der Waals surface area contributed by atoms with Gasteiger partial charge in [-0.3, -0.25) is 0 Å². The Bertz CT molecular complexity index is 610. The van der Waals surface area contributed by atoms with Crippen LogP contribution in [0.2, 0.25) is 10.3 Å². The molecule has 0 saturated heterocycles. The van der Waals surface area contributed by atoms with Crippen molar-refractivity contribution < 1.29 is 29.6 Å². The summed E-state index contributed by atoms with van der Waals surface area (Å²) in [5.41, 5.74) is 2.15. The van der Waals surface area contributed by atoms with E-state index in [0.29, 0.717) is 16.2 Å². The van der Waals surface area contributed by atoms with Gasteiger partial charge >= 0.3 is 29.6 Å². The SMILES string of the molecule is CSCc1cnc(Cl)c(Br)c1.C[S-].ClCc1cnc(Cl)c(Br)c1.[Na+]. The van der Waals surface area contributed by atoms with E-state index in [0.717, 1.165) is 20.3 Å². The second-order valence-corrected chi connectivity index (χ2v) is 7.36. The van der Waals surface area contributed by atoms with Gasteiger partial charge in [-0.15, -0.1) is 11.6 Å². The van der Waals surface area contributed by atoms with E-state index < -0.39 is 0 Å². The summed E-state index contributed by atoms with van der Waals surface area (Å²) < 4.78 is 1.65.